The Labute approximate surface area is 242 Å². The molecule has 2 aromatic rings. The number of nitriles is 1. The maximum atomic E-state index is 12.8. The summed E-state index contributed by atoms with van der Waals surface area (Å²) in [6.45, 7) is 5.19. The van der Waals surface area contributed by atoms with Gasteiger partial charge in [0.2, 0.25) is 0 Å². The van der Waals surface area contributed by atoms with E-state index in [-0.39, 0.29) is 17.3 Å². The fourth-order valence-electron chi connectivity index (χ4n) is 5.67. The number of rotatable bonds is 18. The average molecular weight is 547 g/mol. The van der Waals surface area contributed by atoms with Crippen LogP contribution in [-0.4, -0.2) is 17.6 Å². The molecule has 0 saturated heterocycles. The van der Waals surface area contributed by atoms with Gasteiger partial charge in [0.25, 0.3) is 0 Å². The van der Waals surface area contributed by atoms with Gasteiger partial charge in [-0.05, 0) is 74.9 Å². The van der Waals surface area contributed by atoms with Crippen molar-refractivity contribution in [2.45, 2.75) is 123 Å². The maximum absolute atomic E-state index is 12.8. The largest absolute Gasteiger partial charge is 0.492 e. The summed E-state index contributed by atoms with van der Waals surface area (Å²) < 4.78 is 11.6. The number of aromatic nitrogens is 1. The third-order valence-electron chi connectivity index (χ3n) is 8.39. The van der Waals surface area contributed by atoms with E-state index in [1.165, 1.54) is 64.2 Å². The van der Waals surface area contributed by atoms with Crippen molar-refractivity contribution in [3.8, 4) is 28.8 Å². The lowest BCUT2D eigenvalue weighted by Crippen LogP contribution is -2.31. The number of esters is 1. The molecule has 1 heterocycles. The van der Waals surface area contributed by atoms with Gasteiger partial charge in [-0.3, -0.25) is 9.78 Å². The topological polar surface area (TPSA) is 72.2 Å². The number of hydrogen-bond donors (Lipinski definition) is 0. The van der Waals surface area contributed by atoms with Crippen LogP contribution in [0.4, 0.5) is 0 Å². The normalized spacial score (nSPS) is 18.7. The third kappa shape index (κ3) is 10.6. The van der Waals surface area contributed by atoms with Gasteiger partial charge in [0.15, 0.2) is 0 Å². The Morgan fingerprint density at radius 2 is 1.45 bits per heavy atom. The first-order chi connectivity index (χ1) is 19.6. The molecule has 0 radical (unpaired) electrons. The predicted octanol–water partition coefficient (Wildman–Crippen LogP) is 9.84. The van der Waals surface area contributed by atoms with Crippen molar-refractivity contribution in [1.29, 1.82) is 5.26 Å². The molecule has 0 unspecified atom stereocenters. The summed E-state index contributed by atoms with van der Waals surface area (Å²) in [7, 11) is 0. The highest BCUT2D eigenvalue weighted by Crippen LogP contribution is 2.43. The van der Waals surface area contributed by atoms with Gasteiger partial charge in [0.1, 0.15) is 11.5 Å². The summed E-state index contributed by atoms with van der Waals surface area (Å²) in [5, 5.41) is 9.85. The predicted molar refractivity (Wildman–Crippen MR) is 162 cm³/mol. The van der Waals surface area contributed by atoms with Gasteiger partial charge in [-0.15, -0.1) is 0 Å². The quantitative estimate of drug-likeness (QED) is 0.106. The van der Waals surface area contributed by atoms with Crippen LogP contribution in [0.1, 0.15) is 123 Å². The van der Waals surface area contributed by atoms with Crippen LogP contribution in [0.2, 0.25) is 0 Å². The molecule has 0 atom stereocenters. The van der Waals surface area contributed by atoms with Crippen LogP contribution in [0.15, 0.2) is 42.6 Å². The SMILES string of the molecule is CCCCCCCCCOc1ccc(-c2ccc(OC(=O)C3CCC(C#N)(CCCCCCC)CC3)cc2)nc1. The molecular formula is C35H50N2O3. The van der Waals surface area contributed by atoms with Crippen molar-refractivity contribution < 1.29 is 14.3 Å². The lowest BCUT2D eigenvalue weighted by Gasteiger charge is -2.34. The molecule has 1 aromatic carbocycles. The minimum atomic E-state index is -0.258. The molecule has 1 fully saturated rings. The number of unbranched alkanes of at least 4 members (excludes halogenated alkanes) is 10. The van der Waals surface area contributed by atoms with E-state index in [1.807, 2.05) is 36.4 Å². The van der Waals surface area contributed by atoms with E-state index in [0.717, 1.165) is 68.6 Å². The zero-order valence-corrected chi connectivity index (χ0v) is 25.0. The second kappa shape index (κ2) is 17.7. The Kier molecular flexibility index (Phi) is 14.0. The molecule has 5 heteroatoms. The number of benzene rings is 1. The van der Waals surface area contributed by atoms with Crippen molar-refractivity contribution in [1.82, 2.24) is 4.98 Å². The van der Waals surface area contributed by atoms with Crippen LogP contribution >= 0.6 is 0 Å². The third-order valence-corrected chi connectivity index (χ3v) is 8.39. The lowest BCUT2D eigenvalue weighted by molar-refractivity contribution is -0.140. The molecular weight excluding hydrogens is 496 g/mol. The van der Waals surface area contributed by atoms with Gasteiger partial charge < -0.3 is 9.47 Å². The maximum Gasteiger partial charge on any atom is 0.314 e. The number of hydrogen-bond acceptors (Lipinski definition) is 5. The van der Waals surface area contributed by atoms with Crippen LogP contribution in [0, 0.1) is 22.7 Å². The lowest BCUT2D eigenvalue weighted by atomic mass is 9.69. The minimum Gasteiger partial charge on any atom is -0.492 e. The summed E-state index contributed by atoms with van der Waals surface area (Å²) in [6, 6.07) is 14.1. The Bertz CT molecular complexity index is 1020. The van der Waals surface area contributed by atoms with Gasteiger partial charge in [0, 0.05) is 5.56 Å². The molecule has 1 aliphatic rings. The minimum absolute atomic E-state index is 0.128. The van der Waals surface area contributed by atoms with Crippen molar-refractivity contribution in [3.05, 3.63) is 42.6 Å². The highest BCUT2D eigenvalue weighted by atomic mass is 16.5. The van der Waals surface area contributed by atoms with E-state index in [4.69, 9.17) is 9.47 Å². The fourth-order valence-corrected chi connectivity index (χ4v) is 5.67. The Morgan fingerprint density at radius 3 is 2.05 bits per heavy atom. The molecule has 0 amide bonds. The van der Waals surface area contributed by atoms with Crippen molar-refractivity contribution >= 4 is 5.97 Å². The van der Waals surface area contributed by atoms with Crippen molar-refractivity contribution in [3.63, 3.8) is 0 Å². The zero-order valence-electron chi connectivity index (χ0n) is 25.0. The summed E-state index contributed by atoms with van der Waals surface area (Å²) in [5.74, 6) is 1.04. The molecule has 1 saturated carbocycles. The summed E-state index contributed by atoms with van der Waals surface area (Å²) in [4.78, 5) is 17.4. The fraction of sp³-hybridized carbons (Fsp3) is 0.629. The number of carbonyl (C=O) groups is 1. The van der Waals surface area contributed by atoms with Crippen LogP contribution in [0.25, 0.3) is 11.3 Å². The molecule has 0 bridgehead atoms. The van der Waals surface area contributed by atoms with E-state index < -0.39 is 0 Å². The molecule has 5 nitrogen and oxygen atoms in total. The molecule has 1 aliphatic carbocycles. The van der Waals surface area contributed by atoms with Crippen LogP contribution < -0.4 is 9.47 Å². The van der Waals surface area contributed by atoms with E-state index >= 15 is 0 Å². The number of nitrogens with zero attached hydrogens (tertiary/aromatic N) is 2. The molecule has 0 spiro atoms. The van der Waals surface area contributed by atoms with E-state index in [0.29, 0.717) is 5.75 Å². The first kappa shape index (κ1) is 31.7. The smallest absolute Gasteiger partial charge is 0.314 e. The van der Waals surface area contributed by atoms with Gasteiger partial charge in [0.05, 0.1) is 35.9 Å². The van der Waals surface area contributed by atoms with E-state index in [2.05, 4.69) is 24.9 Å². The Hall–Kier alpha value is -2.87. The van der Waals surface area contributed by atoms with Crippen LogP contribution in [0.3, 0.4) is 0 Å². The van der Waals surface area contributed by atoms with Crippen molar-refractivity contribution in [2.75, 3.05) is 6.61 Å². The zero-order chi connectivity index (χ0) is 28.5. The molecule has 3 rings (SSSR count). The van der Waals surface area contributed by atoms with E-state index in [1.54, 1.807) is 6.20 Å². The molecule has 0 aliphatic heterocycles. The first-order valence-electron chi connectivity index (χ1n) is 15.9. The Morgan fingerprint density at radius 1 is 0.850 bits per heavy atom. The average Bonchev–Trinajstić information content (AvgIpc) is 2.99. The van der Waals surface area contributed by atoms with Gasteiger partial charge >= 0.3 is 5.97 Å². The second-order valence-corrected chi connectivity index (χ2v) is 11.6. The first-order valence-corrected chi connectivity index (χ1v) is 15.9. The monoisotopic (exact) mass is 546 g/mol. The number of pyridine rings is 1. The van der Waals surface area contributed by atoms with Gasteiger partial charge in [-0.25, -0.2) is 0 Å². The number of ether oxygens (including phenoxy) is 2. The van der Waals surface area contributed by atoms with Gasteiger partial charge in [-0.1, -0.05) is 84.5 Å². The van der Waals surface area contributed by atoms with E-state index in [9.17, 15) is 10.1 Å². The van der Waals surface area contributed by atoms with Gasteiger partial charge in [-0.2, -0.15) is 5.26 Å². The van der Waals surface area contributed by atoms with Crippen LogP contribution in [-0.2, 0) is 4.79 Å². The summed E-state index contributed by atoms with van der Waals surface area (Å²) in [5.41, 5.74) is 1.57. The summed E-state index contributed by atoms with van der Waals surface area (Å²) in [6.07, 6.45) is 20.7. The Balaban J connectivity index is 1.39. The van der Waals surface area contributed by atoms with Crippen LogP contribution in [0.5, 0.6) is 11.5 Å². The molecule has 0 N–H and O–H groups in total. The van der Waals surface area contributed by atoms with Crippen molar-refractivity contribution in [2.24, 2.45) is 11.3 Å². The summed E-state index contributed by atoms with van der Waals surface area (Å²) >= 11 is 0. The highest BCUT2D eigenvalue weighted by Gasteiger charge is 2.38. The molecule has 40 heavy (non-hydrogen) atoms. The molecule has 218 valence electrons. The number of carbonyl (C=O) groups excluding carboxylic acids is 1. The highest BCUT2D eigenvalue weighted by molar-refractivity contribution is 5.75. The standard InChI is InChI=1S/C35H50N2O3/c1-3-5-7-9-10-12-14-26-39-32-19-20-33(37-27-32)29-15-17-31(18-16-29)40-34(38)30-21-24-35(28-36,25-22-30)23-13-11-8-6-4-2/h15-20,27,30H,3-14,21-26H2,1-2H3. The molecule has 1 aromatic heterocycles. The second-order valence-electron chi connectivity index (χ2n) is 11.6.